The third-order valence-electron chi connectivity index (χ3n) is 3.60. The molecule has 11 heteroatoms. The van der Waals surface area contributed by atoms with E-state index in [1.807, 2.05) is 0 Å². The quantitative estimate of drug-likeness (QED) is 0.435. The Morgan fingerprint density at radius 3 is 2.69 bits per heavy atom. The predicted octanol–water partition coefficient (Wildman–Crippen LogP) is 2.43. The average molecular weight is 431 g/mol. The molecule has 29 heavy (non-hydrogen) atoms. The zero-order valence-electron chi connectivity index (χ0n) is 15.7. The van der Waals surface area contributed by atoms with E-state index in [-0.39, 0.29) is 48.5 Å². The van der Waals surface area contributed by atoms with Gasteiger partial charge in [-0.2, -0.15) is 8.78 Å². The third kappa shape index (κ3) is 6.34. The maximum atomic E-state index is 12.4. The van der Waals surface area contributed by atoms with Gasteiger partial charge in [-0.1, -0.05) is 11.8 Å². The second kappa shape index (κ2) is 10.6. The normalized spacial score (nSPS) is 15.0. The zero-order valence-corrected chi connectivity index (χ0v) is 16.5. The van der Waals surface area contributed by atoms with Crippen LogP contribution in [0, 0.1) is 0 Å². The summed E-state index contributed by atoms with van der Waals surface area (Å²) in [6, 6.07) is 3.64. The summed E-state index contributed by atoms with van der Waals surface area (Å²) in [5.74, 6) is -1.62. The highest BCUT2D eigenvalue weighted by molar-refractivity contribution is 8.04. The summed E-state index contributed by atoms with van der Waals surface area (Å²) in [5, 5.41) is 0.416. The number of ether oxygens (including phenoxy) is 4. The standard InChI is InChI=1S/C18H19F2NO7S/c1-3-26-16(23)9-15-21(14(22)10-29-15)6-7-27-17(24)11-4-5-12(28-18(19)20)13(8-11)25-2/h4-5,8-9,18H,3,6-7,10H2,1-2H3/b15-9-. The van der Waals surface area contributed by atoms with Gasteiger partial charge in [0.05, 0.1) is 42.7 Å². The minimum atomic E-state index is -3.03. The Morgan fingerprint density at radius 1 is 1.28 bits per heavy atom. The van der Waals surface area contributed by atoms with Crippen LogP contribution < -0.4 is 9.47 Å². The fourth-order valence-electron chi connectivity index (χ4n) is 2.35. The summed E-state index contributed by atoms with van der Waals surface area (Å²) in [6.07, 6.45) is 1.22. The first-order valence-electron chi connectivity index (χ1n) is 8.47. The molecule has 1 aliphatic heterocycles. The number of rotatable bonds is 9. The molecule has 0 aromatic heterocycles. The molecule has 1 saturated heterocycles. The monoisotopic (exact) mass is 431 g/mol. The molecule has 0 unspecified atom stereocenters. The van der Waals surface area contributed by atoms with Gasteiger partial charge in [0.25, 0.3) is 0 Å². The Labute approximate surface area is 169 Å². The minimum Gasteiger partial charge on any atom is -0.493 e. The lowest BCUT2D eigenvalue weighted by Crippen LogP contribution is -2.29. The zero-order chi connectivity index (χ0) is 21.4. The molecule has 0 aliphatic carbocycles. The molecular formula is C18H19F2NO7S. The Hall–Kier alpha value is -2.82. The van der Waals surface area contributed by atoms with Crippen LogP contribution in [0.25, 0.3) is 0 Å². The Kier molecular flexibility index (Phi) is 8.25. The Morgan fingerprint density at radius 2 is 2.03 bits per heavy atom. The van der Waals surface area contributed by atoms with E-state index in [0.29, 0.717) is 5.03 Å². The van der Waals surface area contributed by atoms with Gasteiger partial charge in [-0.25, -0.2) is 9.59 Å². The van der Waals surface area contributed by atoms with E-state index in [1.54, 1.807) is 6.92 Å². The third-order valence-corrected chi connectivity index (χ3v) is 4.63. The molecule has 1 aromatic carbocycles. The highest BCUT2D eigenvalue weighted by Gasteiger charge is 2.27. The summed E-state index contributed by atoms with van der Waals surface area (Å²) in [5.41, 5.74) is 0.0629. The molecule has 0 radical (unpaired) electrons. The smallest absolute Gasteiger partial charge is 0.387 e. The fraction of sp³-hybridized carbons (Fsp3) is 0.389. The van der Waals surface area contributed by atoms with Crippen molar-refractivity contribution in [2.24, 2.45) is 0 Å². The number of esters is 2. The van der Waals surface area contributed by atoms with Gasteiger partial charge in [0.15, 0.2) is 11.5 Å². The van der Waals surface area contributed by atoms with Gasteiger partial charge in [0.2, 0.25) is 5.91 Å². The second-order valence-electron chi connectivity index (χ2n) is 5.45. The van der Waals surface area contributed by atoms with Crippen molar-refractivity contribution < 1.29 is 42.1 Å². The molecule has 0 saturated carbocycles. The highest BCUT2D eigenvalue weighted by Crippen LogP contribution is 2.30. The molecule has 1 aromatic rings. The number of methoxy groups -OCH3 is 1. The maximum Gasteiger partial charge on any atom is 0.387 e. The van der Waals surface area contributed by atoms with Gasteiger partial charge < -0.3 is 23.8 Å². The summed E-state index contributed by atoms with van der Waals surface area (Å²) < 4.78 is 43.9. The molecule has 0 N–H and O–H groups in total. The van der Waals surface area contributed by atoms with E-state index in [9.17, 15) is 23.2 Å². The minimum absolute atomic E-state index is 0.0481. The van der Waals surface area contributed by atoms with Gasteiger partial charge in [-0.15, -0.1) is 0 Å². The van der Waals surface area contributed by atoms with E-state index in [1.165, 1.54) is 48.0 Å². The van der Waals surface area contributed by atoms with Crippen LogP contribution in [0.3, 0.4) is 0 Å². The molecular weight excluding hydrogens is 412 g/mol. The van der Waals surface area contributed by atoms with Crippen LogP contribution in [0.2, 0.25) is 0 Å². The average Bonchev–Trinajstić information content (AvgIpc) is 3.01. The first-order valence-corrected chi connectivity index (χ1v) is 9.45. The summed E-state index contributed by atoms with van der Waals surface area (Å²) in [6.45, 7) is -1.24. The van der Waals surface area contributed by atoms with Crippen LogP contribution in [-0.2, 0) is 19.1 Å². The largest absolute Gasteiger partial charge is 0.493 e. The number of benzene rings is 1. The summed E-state index contributed by atoms with van der Waals surface area (Å²) >= 11 is 1.18. The van der Waals surface area contributed by atoms with Gasteiger partial charge in [-0.3, -0.25) is 4.79 Å². The number of hydrogen-bond donors (Lipinski definition) is 0. The predicted molar refractivity (Wildman–Crippen MR) is 98.8 cm³/mol. The molecule has 2 rings (SSSR count). The van der Waals surface area contributed by atoms with Crippen LogP contribution >= 0.6 is 11.8 Å². The van der Waals surface area contributed by atoms with Crippen molar-refractivity contribution in [3.05, 3.63) is 34.9 Å². The van der Waals surface area contributed by atoms with Crippen molar-refractivity contribution in [3.63, 3.8) is 0 Å². The number of carbonyl (C=O) groups is 3. The molecule has 0 atom stereocenters. The first kappa shape index (κ1) is 22.5. The lowest BCUT2D eigenvalue weighted by atomic mass is 10.2. The van der Waals surface area contributed by atoms with Crippen LogP contribution in [0.1, 0.15) is 17.3 Å². The Bertz CT molecular complexity index is 800. The van der Waals surface area contributed by atoms with Crippen LogP contribution in [0.5, 0.6) is 11.5 Å². The van der Waals surface area contributed by atoms with Crippen molar-refractivity contribution in [2.75, 3.05) is 32.6 Å². The fourth-order valence-corrected chi connectivity index (χ4v) is 3.31. The topological polar surface area (TPSA) is 91.4 Å². The number of halogens is 2. The molecule has 1 aliphatic rings. The van der Waals surface area contributed by atoms with Crippen LogP contribution in [-0.4, -0.2) is 62.0 Å². The van der Waals surface area contributed by atoms with Crippen molar-refractivity contribution in [1.82, 2.24) is 4.90 Å². The first-order chi connectivity index (χ1) is 13.8. The van der Waals surface area contributed by atoms with E-state index in [2.05, 4.69) is 4.74 Å². The summed E-state index contributed by atoms with van der Waals surface area (Å²) in [7, 11) is 1.25. The van der Waals surface area contributed by atoms with E-state index in [4.69, 9.17) is 14.2 Å². The lowest BCUT2D eigenvalue weighted by Gasteiger charge is -2.17. The number of hydrogen-bond acceptors (Lipinski definition) is 8. The molecule has 1 heterocycles. The number of amides is 1. The summed E-state index contributed by atoms with van der Waals surface area (Å²) in [4.78, 5) is 37.0. The van der Waals surface area contributed by atoms with Crippen molar-refractivity contribution in [2.45, 2.75) is 13.5 Å². The number of carbonyl (C=O) groups excluding carboxylic acids is 3. The number of nitrogens with zero attached hydrogens (tertiary/aromatic N) is 1. The van der Waals surface area contributed by atoms with Crippen molar-refractivity contribution in [1.29, 1.82) is 0 Å². The van der Waals surface area contributed by atoms with E-state index < -0.39 is 18.6 Å². The molecule has 8 nitrogen and oxygen atoms in total. The van der Waals surface area contributed by atoms with E-state index in [0.717, 1.165) is 0 Å². The highest BCUT2D eigenvalue weighted by atomic mass is 32.2. The van der Waals surface area contributed by atoms with E-state index >= 15 is 0 Å². The molecule has 0 bridgehead atoms. The number of alkyl halides is 2. The number of thioether (sulfide) groups is 1. The maximum absolute atomic E-state index is 12.4. The Balaban J connectivity index is 1.96. The molecule has 0 spiro atoms. The lowest BCUT2D eigenvalue weighted by molar-refractivity contribution is -0.137. The van der Waals surface area contributed by atoms with Crippen LogP contribution in [0.15, 0.2) is 29.3 Å². The van der Waals surface area contributed by atoms with Gasteiger partial charge in [0.1, 0.15) is 6.61 Å². The van der Waals surface area contributed by atoms with Crippen molar-refractivity contribution in [3.8, 4) is 11.5 Å². The van der Waals surface area contributed by atoms with Gasteiger partial charge >= 0.3 is 18.6 Å². The molecule has 1 amide bonds. The van der Waals surface area contributed by atoms with Crippen molar-refractivity contribution >= 4 is 29.6 Å². The van der Waals surface area contributed by atoms with Crippen LogP contribution in [0.4, 0.5) is 8.78 Å². The second-order valence-corrected chi connectivity index (χ2v) is 6.44. The van der Waals surface area contributed by atoms with Gasteiger partial charge in [0, 0.05) is 0 Å². The SMILES string of the molecule is CCOC(=O)/C=C1\SCC(=O)N1CCOC(=O)c1ccc(OC(F)F)c(OC)c1. The molecule has 158 valence electrons. The molecule has 1 fully saturated rings. The van der Waals surface area contributed by atoms with Gasteiger partial charge in [-0.05, 0) is 25.1 Å².